The van der Waals surface area contributed by atoms with Crippen LogP contribution in [0.5, 0.6) is 0 Å². The molecule has 1 atom stereocenters. The molecule has 1 aliphatic carbocycles. The summed E-state index contributed by atoms with van der Waals surface area (Å²) in [6.45, 7) is 0. The number of halogens is 2. The molecular formula is C17H16ClFO. The van der Waals surface area contributed by atoms with Crippen molar-refractivity contribution < 1.29 is 9.50 Å². The Bertz CT molecular complexity index is 639. The van der Waals surface area contributed by atoms with E-state index in [1.165, 1.54) is 29.7 Å². The predicted molar refractivity (Wildman–Crippen MR) is 78.5 cm³/mol. The Morgan fingerprint density at radius 2 is 1.90 bits per heavy atom. The zero-order valence-corrected chi connectivity index (χ0v) is 11.8. The van der Waals surface area contributed by atoms with Gasteiger partial charge in [-0.15, -0.1) is 0 Å². The molecule has 0 aromatic heterocycles. The molecule has 3 rings (SSSR count). The van der Waals surface area contributed by atoms with Crippen molar-refractivity contribution in [3.05, 3.63) is 69.5 Å². The molecule has 3 heteroatoms. The van der Waals surface area contributed by atoms with Crippen LogP contribution in [-0.2, 0) is 19.3 Å². The summed E-state index contributed by atoms with van der Waals surface area (Å²) in [6.07, 6.45) is 3.28. The van der Waals surface area contributed by atoms with Crippen molar-refractivity contribution in [2.24, 2.45) is 0 Å². The van der Waals surface area contributed by atoms with Gasteiger partial charge in [0.05, 0.1) is 6.10 Å². The van der Waals surface area contributed by atoms with Crippen molar-refractivity contribution in [3.63, 3.8) is 0 Å². The van der Waals surface area contributed by atoms with Gasteiger partial charge in [0.15, 0.2) is 0 Å². The first-order valence-corrected chi connectivity index (χ1v) is 7.25. The number of fused-ring (bicyclic) bond motifs is 1. The van der Waals surface area contributed by atoms with E-state index in [2.05, 4.69) is 18.2 Å². The SMILES string of the molecule is OC(Cc1ccc2c(c1)CCC2)c1ccc(F)cc1Cl. The minimum Gasteiger partial charge on any atom is -0.388 e. The van der Waals surface area contributed by atoms with Crippen LogP contribution in [0.4, 0.5) is 4.39 Å². The maximum absolute atomic E-state index is 13.0. The summed E-state index contributed by atoms with van der Waals surface area (Å²) in [5, 5.41) is 10.6. The lowest BCUT2D eigenvalue weighted by Gasteiger charge is -2.13. The van der Waals surface area contributed by atoms with Crippen LogP contribution in [0, 0.1) is 5.82 Å². The first-order valence-electron chi connectivity index (χ1n) is 6.87. The van der Waals surface area contributed by atoms with Crippen LogP contribution < -0.4 is 0 Å². The van der Waals surface area contributed by atoms with Crippen LogP contribution in [0.2, 0.25) is 5.02 Å². The second kappa shape index (κ2) is 5.55. The molecule has 1 aliphatic rings. The topological polar surface area (TPSA) is 20.2 Å². The third kappa shape index (κ3) is 2.72. The number of aliphatic hydroxyl groups excluding tert-OH is 1. The quantitative estimate of drug-likeness (QED) is 0.896. The molecule has 1 unspecified atom stereocenters. The van der Waals surface area contributed by atoms with Crippen molar-refractivity contribution in [1.29, 1.82) is 0 Å². The largest absolute Gasteiger partial charge is 0.388 e. The van der Waals surface area contributed by atoms with Gasteiger partial charge in [-0.1, -0.05) is 35.9 Å². The van der Waals surface area contributed by atoms with E-state index >= 15 is 0 Å². The van der Waals surface area contributed by atoms with Gasteiger partial charge in [0.25, 0.3) is 0 Å². The minimum atomic E-state index is -0.706. The van der Waals surface area contributed by atoms with Gasteiger partial charge in [-0.25, -0.2) is 4.39 Å². The molecule has 0 fully saturated rings. The molecule has 20 heavy (non-hydrogen) atoms. The lowest BCUT2D eigenvalue weighted by molar-refractivity contribution is 0.178. The van der Waals surface area contributed by atoms with Crippen molar-refractivity contribution in [3.8, 4) is 0 Å². The van der Waals surface area contributed by atoms with E-state index in [9.17, 15) is 9.50 Å². The Morgan fingerprint density at radius 1 is 1.10 bits per heavy atom. The minimum absolute atomic E-state index is 0.277. The highest BCUT2D eigenvalue weighted by atomic mass is 35.5. The highest BCUT2D eigenvalue weighted by Gasteiger charge is 2.15. The molecule has 0 saturated heterocycles. The van der Waals surface area contributed by atoms with Crippen LogP contribution >= 0.6 is 11.6 Å². The molecule has 0 bridgehead atoms. The number of aryl methyl sites for hydroxylation is 2. The van der Waals surface area contributed by atoms with E-state index < -0.39 is 6.10 Å². The molecule has 0 saturated carbocycles. The molecule has 0 heterocycles. The molecule has 2 aromatic rings. The number of aliphatic hydroxyl groups is 1. The highest BCUT2D eigenvalue weighted by molar-refractivity contribution is 6.31. The number of benzene rings is 2. The molecule has 1 nitrogen and oxygen atoms in total. The monoisotopic (exact) mass is 290 g/mol. The van der Waals surface area contributed by atoms with Crippen LogP contribution in [0.15, 0.2) is 36.4 Å². The first-order chi connectivity index (χ1) is 9.63. The van der Waals surface area contributed by atoms with E-state index in [-0.39, 0.29) is 10.8 Å². The number of hydrogen-bond donors (Lipinski definition) is 1. The standard InChI is InChI=1S/C17H16ClFO/c18-16-10-14(19)6-7-15(16)17(20)9-11-4-5-12-2-1-3-13(12)8-11/h4-8,10,17,20H,1-3,9H2. The van der Waals surface area contributed by atoms with E-state index in [1.54, 1.807) is 6.07 Å². The van der Waals surface area contributed by atoms with Crippen LogP contribution in [-0.4, -0.2) is 5.11 Å². The number of hydrogen-bond acceptors (Lipinski definition) is 1. The van der Waals surface area contributed by atoms with Crippen LogP contribution in [0.3, 0.4) is 0 Å². The van der Waals surface area contributed by atoms with E-state index in [1.807, 2.05) is 0 Å². The average molecular weight is 291 g/mol. The first kappa shape index (κ1) is 13.6. The van der Waals surface area contributed by atoms with Gasteiger partial charge >= 0.3 is 0 Å². The predicted octanol–water partition coefficient (Wildman–Crippen LogP) is 4.24. The average Bonchev–Trinajstić information content (AvgIpc) is 2.85. The van der Waals surface area contributed by atoms with Gasteiger partial charge in [0.2, 0.25) is 0 Å². The molecule has 0 aliphatic heterocycles. The Labute approximate surface area is 123 Å². The van der Waals surface area contributed by atoms with Gasteiger partial charge in [-0.3, -0.25) is 0 Å². The summed E-state index contributed by atoms with van der Waals surface area (Å²) in [5.41, 5.74) is 4.48. The van der Waals surface area contributed by atoms with E-state index in [0.717, 1.165) is 18.4 Å². The third-order valence-corrected chi connectivity index (χ3v) is 4.24. The van der Waals surface area contributed by atoms with Crippen molar-refractivity contribution >= 4 is 11.6 Å². The summed E-state index contributed by atoms with van der Waals surface area (Å²) in [5.74, 6) is -0.386. The zero-order valence-electron chi connectivity index (χ0n) is 11.1. The third-order valence-electron chi connectivity index (χ3n) is 3.91. The van der Waals surface area contributed by atoms with Gasteiger partial charge in [-0.2, -0.15) is 0 Å². The van der Waals surface area contributed by atoms with Crippen molar-refractivity contribution in [2.75, 3.05) is 0 Å². The lowest BCUT2D eigenvalue weighted by atomic mass is 9.98. The molecule has 0 radical (unpaired) electrons. The smallest absolute Gasteiger partial charge is 0.124 e. The summed E-state index contributed by atoms with van der Waals surface area (Å²) < 4.78 is 13.0. The summed E-state index contributed by atoms with van der Waals surface area (Å²) >= 11 is 5.98. The Kier molecular flexibility index (Phi) is 3.77. The van der Waals surface area contributed by atoms with Gasteiger partial charge in [0, 0.05) is 11.4 Å². The van der Waals surface area contributed by atoms with Gasteiger partial charge < -0.3 is 5.11 Å². The summed E-state index contributed by atoms with van der Waals surface area (Å²) in [6, 6.07) is 10.5. The maximum atomic E-state index is 13.0. The Balaban J connectivity index is 1.80. The van der Waals surface area contributed by atoms with Crippen molar-refractivity contribution in [1.82, 2.24) is 0 Å². The normalized spacial score (nSPS) is 15.2. The fourth-order valence-electron chi connectivity index (χ4n) is 2.86. The van der Waals surface area contributed by atoms with E-state index in [4.69, 9.17) is 11.6 Å². The Morgan fingerprint density at radius 3 is 2.70 bits per heavy atom. The molecule has 2 aromatic carbocycles. The lowest BCUT2D eigenvalue weighted by Crippen LogP contribution is -2.03. The molecular weight excluding hydrogens is 275 g/mol. The fourth-order valence-corrected chi connectivity index (χ4v) is 3.15. The van der Waals surface area contributed by atoms with Gasteiger partial charge in [-0.05, 0) is 53.6 Å². The highest BCUT2D eigenvalue weighted by Crippen LogP contribution is 2.28. The molecule has 0 spiro atoms. The summed E-state index contributed by atoms with van der Waals surface area (Å²) in [7, 11) is 0. The Hall–Kier alpha value is -1.38. The zero-order chi connectivity index (χ0) is 14.1. The second-order valence-corrected chi connectivity index (χ2v) is 5.75. The van der Waals surface area contributed by atoms with Gasteiger partial charge in [0.1, 0.15) is 5.82 Å². The molecule has 1 N–H and O–H groups in total. The van der Waals surface area contributed by atoms with Crippen molar-refractivity contribution in [2.45, 2.75) is 31.8 Å². The fraction of sp³-hybridized carbons (Fsp3) is 0.294. The van der Waals surface area contributed by atoms with Crippen LogP contribution in [0.1, 0.15) is 34.8 Å². The maximum Gasteiger partial charge on any atom is 0.124 e. The summed E-state index contributed by atoms with van der Waals surface area (Å²) in [4.78, 5) is 0. The molecule has 0 amide bonds. The second-order valence-electron chi connectivity index (χ2n) is 5.34. The van der Waals surface area contributed by atoms with E-state index in [0.29, 0.717) is 12.0 Å². The number of rotatable bonds is 3. The van der Waals surface area contributed by atoms with Crippen LogP contribution in [0.25, 0.3) is 0 Å². The molecule has 104 valence electrons.